The maximum atomic E-state index is 5.93. The Morgan fingerprint density at radius 3 is 2.43 bits per heavy atom. The van der Waals surface area contributed by atoms with Crippen LogP contribution in [0.4, 0.5) is 0 Å². The maximum absolute atomic E-state index is 5.93. The Balaban J connectivity index is 2.06. The summed E-state index contributed by atoms with van der Waals surface area (Å²) in [5.74, 6) is 0.981. The first kappa shape index (κ1) is 9.32. The summed E-state index contributed by atoms with van der Waals surface area (Å²) in [6, 6.07) is 8.11. The average Bonchev–Trinajstić information content (AvgIpc) is 3.00. The third-order valence-corrected chi connectivity index (χ3v) is 2.90. The minimum Gasteiger partial charge on any atom is -0.487 e. The van der Waals surface area contributed by atoms with Crippen LogP contribution >= 0.6 is 0 Å². The Hall–Kier alpha value is -1.24. The van der Waals surface area contributed by atoms with E-state index >= 15 is 0 Å². The second-order valence-corrected chi connectivity index (χ2v) is 3.91. The van der Waals surface area contributed by atoms with Gasteiger partial charge < -0.3 is 4.74 Å². The van der Waals surface area contributed by atoms with Crippen LogP contribution in [0.1, 0.15) is 31.7 Å². The van der Waals surface area contributed by atoms with Crippen molar-refractivity contribution in [1.82, 2.24) is 0 Å². The number of hydrogen-bond acceptors (Lipinski definition) is 1. The molecule has 1 fully saturated rings. The highest BCUT2D eigenvalue weighted by Crippen LogP contribution is 2.42. The molecule has 0 bridgehead atoms. The normalized spacial score (nSPS) is 17.5. The molecule has 1 aromatic carbocycles. The molecule has 1 aliphatic rings. The summed E-state index contributed by atoms with van der Waals surface area (Å²) in [7, 11) is 0. The van der Waals surface area contributed by atoms with Crippen LogP contribution in [0.2, 0.25) is 0 Å². The molecule has 0 heterocycles. The van der Waals surface area contributed by atoms with Crippen LogP contribution in [-0.2, 0) is 0 Å². The molecule has 1 nitrogen and oxygen atoms in total. The Morgan fingerprint density at radius 2 is 2.00 bits per heavy atom. The zero-order valence-corrected chi connectivity index (χ0v) is 8.62. The van der Waals surface area contributed by atoms with Gasteiger partial charge in [-0.25, -0.2) is 0 Å². The molecule has 0 saturated heterocycles. The molecule has 2 rings (SSSR count). The van der Waals surface area contributed by atoms with E-state index in [-0.39, 0.29) is 5.60 Å². The van der Waals surface area contributed by atoms with Gasteiger partial charge in [-0.15, -0.1) is 0 Å². The van der Waals surface area contributed by atoms with Crippen LogP contribution in [-0.4, -0.2) is 5.60 Å². The average molecular weight is 188 g/mol. The van der Waals surface area contributed by atoms with Gasteiger partial charge in [0.25, 0.3) is 0 Å². The third kappa shape index (κ3) is 1.82. The second kappa shape index (κ2) is 3.49. The van der Waals surface area contributed by atoms with Gasteiger partial charge in [-0.2, -0.15) is 0 Å². The molecule has 0 N–H and O–H groups in total. The molecule has 0 amide bonds. The topological polar surface area (TPSA) is 9.23 Å². The largest absolute Gasteiger partial charge is 0.487 e. The van der Waals surface area contributed by atoms with Crippen LogP contribution < -0.4 is 4.74 Å². The molecule has 1 saturated carbocycles. The first-order valence-corrected chi connectivity index (χ1v) is 5.19. The molecule has 0 atom stereocenters. The van der Waals surface area contributed by atoms with Gasteiger partial charge in [0.1, 0.15) is 11.4 Å². The predicted octanol–water partition coefficient (Wildman–Crippen LogP) is 3.65. The van der Waals surface area contributed by atoms with E-state index in [2.05, 4.69) is 13.5 Å². The molecule has 0 aromatic heterocycles. The molecule has 0 spiro atoms. The lowest BCUT2D eigenvalue weighted by Gasteiger charge is -2.15. The molecule has 14 heavy (non-hydrogen) atoms. The van der Waals surface area contributed by atoms with Crippen molar-refractivity contribution < 1.29 is 4.74 Å². The highest BCUT2D eigenvalue weighted by atomic mass is 16.5. The SMILES string of the molecule is C=Cc1ccc(OC2(CC)CC2)cc1. The molecular formula is C13H16O. The highest BCUT2D eigenvalue weighted by molar-refractivity contribution is 5.48. The summed E-state index contributed by atoms with van der Waals surface area (Å²) in [6.07, 6.45) is 5.35. The minimum atomic E-state index is 0.162. The van der Waals surface area contributed by atoms with Crippen molar-refractivity contribution in [3.8, 4) is 5.75 Å². The van der Waals surface area contributed by atoms with Crippen molar-refractivity contribution in [3.63, 3.8) is 0 Å². The number of ether oxygens (including phenoxy) is 1. The summed E-state index contributed by atoms with van der Waals surface area (Å²) in [5.41, 5.74) is 1.30. The molecule has 1 heteroatoms. The maximum Gasteiger partial charge on any atom is 0.120 e. The van der Waals surface area contributed by atoms with Crippen LogP contribution in [0, 0.1) is 0 Å². The van der Waals surface area contributed by atoms with Crippen molar-refractivity contribution in [1.29, 1.82) is 0 Å². The van der Waals surface area contributed by atoms with Gasteiger partial charge in [0, 0.05) is 0 Å². The van der Waals surface area contributed by atoms with Crippen molar-refractivity contribution in [3.05, 3.63) is 36.4 Å². The predicted molar refractivity (Wildman–Crippen MR) is 59.4 cm³/mol. The molecular weight excluding hydrogens is 172 g/mol. The van der Waals surface area contributed by atoms with E-state index in [9.17, 15) is 0 Å². The summed E-state index contributed by atoms with van der Waals surface area (Å²) >= 11 is 0. The lowest BCUT2D eigenvalue weighted by atomic mass is 10.2. The molecule has 0 radical (unpaired) electrons. The summed E-state index contributed by atoms with van der Waals surface area (Å²) < 4.78 is 5.93. The smallest absolute Gasteiger partial charge is 0.120 e. The Kier molecular flexibility index (Phi) is 2.32. The van der Waals surface area contributed by atoms with Crippen LogP contribution in [0.15, 0.2) is 30.8 Å². The van der Waals surface area contributed by atoms with Crippen molar-refractivity contribution >= 4 is 6.08 Å². The van der Waals surface area contributed by atoms with E-state index in [1.165, 1.54) is 12.8 Å². The molecule has 0 unspecified atom stereocenters. The lowest BCUT2D eigenvalue weighted by molar-refractivity contribution is 0.174. The summed E-state index contributed by atoms with van der Waals surface area (Å²) in [5, 5.41) is 0. The summed E-state index contributed by atoms with van der Waals surface area (Å²) in [6.45, 7) is 5.91. The summed E-state index contributed by atoms with van der Waals surface area (Å²) in [4.78, 5) is 0. The minimum absolute atomic E-state index is 0.162. The fourth-order valence-electron chi connectivity index (χ4n) is 1.59. The van der Waals surface area contributed by atoms with Crippen LogP contribution in [0.3, 0.4) is 0 Å². The van der Waals surface area contributed by atoms with Gasteiger partial charge in [-0.05, 0) is 37.0 Å². The molecule has 1 aliphatic carbocycles. The van der Waals surface area contributed by atoms with Crippen LogP contribution in [0.5, 0.6) is 5.75 Å². The van der Waals surface area contributed by atoms with Gasteiger partial charge in [0.15, 0.2) is 0 Å². The number of hydrogen-bond donors (Lipinski definition) is 0. The Labute approximate surface area is 85.4 Å². The van der Waals surface area contributed by atoms with E-state index in [0.717, 1.165) is 17.7 Å². The monoisotopic (exact) mass is 188 g/mol. The standard InChI is InChI=1S/C13H16O/c1-3-11-5-7-12(8-6-11)14-13(4-2)9-10-13/h3,5-8H,1,4,9-10H2,2H3. The van der Waals surface area contributed by atoms with Crippen molar-refractivity contribution in [2.75, 3.05) is 0 Å². The van der Waals surface area contributed by atoms with E-state index in [4.69, 9.17) is 4.74 Å². The van der Waals surface area contributed by atoms with E-state index in [1.54, 1.807) is 0 Å². The molecule has 0 aliphatic heterocycles. The Morgan fingerprint density at radius 1 is 1.36 bits per heavy atom. The first-order chi connectivity index (χ1) is 6.78. The van der Waals surface area contributed by atoms with E-state index in [0.29, 0.717) is 0 Å². The first-order valence-electron chi connectivity index (χ1n) is 5.19. The fraction of sp³-hybridized carbons (Fsp3) is 0.385. The fourth-order valence-corrected chi connectivity index (χ4v) is 1.59. The van der Waals surface area contributed by atoms with Gasteiger partial charge in [0.05, 0.1) is 0 Å². The van der Waals surface area contributed by atoms with Gasteiger partial charge >= 0.3 is 0 Å². The lowest BCUT2D eigenvalue weighted by Crippen LogP contribution is -2.16. The molecule has 74 valence electrons. The third-order valence-electron chi connectivity index (χ3n) is 2.90. The zero-order valence-electron chi connectivity index (χ0n) is 8.62. The van der Waals surface area contributed by atoms with Gasteiger partial charge in [-0.1, -0.05) is 31.7 Å². The second-order valence-electron chi connectivity index (χ2n) is 3.91. The number of benzene rings is 1. The van der Waals surface area contributed by atoms with Crippen molar-refractivity contribution in [2.24, 2.45) is 0 Å². The highest BCUT2D eigenvalue weighted by Gasteiger charge is 2.43. The number of rotatable bonds is 4. The quantitative estimate of drug-likeness (QED) is 0.700. The van der Waals surface area contributed by atoms with E-state index < -0.39 is 0 Å². The van der Waals surface area contributed by atoms with Crippen molar-refractivity contribution in [2.45, 2.75) is 31.8 Å². The van der Waals surface area contributed by atoms with Gasteiger partial charge in [-0.3, -0.25) is 0 Å². The Bertz CT molecular complexity index is 320. The van der Waals surface area contributed by atoms with Crippen LogP contribution in [0.25, 0.3) is 6.08 Å². The zero-order chi connectivity index (χ0) is 10.0. The van der Waals surface area contributed by atoms with Gasteiger partial charge in [0.2, 0.25) is 0 Å². The molecule has 1 aromatic rings. The van der Waals surface area contributed by atoms with E-state index in [1.807, 2.05) is 30.3 Å².